The Morgan fingerprint density at radius 1 is 0.960 bits per heavy atom. The van der Waals surface area contributed by atoms with Gasteiger partial charge in [-0.2, -0.15) is 0 Å². The molecule has 0 spiro atoms. The molecule has 6 heteroatoms. The number of carbonyl (C=O) groups is 2. The molecular weight excluding hydrogens is 316 g/mol. The van der Waals surface area contributed by atoms with Crippen LogP contribution in [0.1, 0.15) is 31.9 Å². The van der Waals surface area contributed by atoms with Gasteiger partial charge in [-0.1, -0.05) is 26.0 Å². The molecule has 0 saturated carbocycles. The molecule has 6 nitrogen and oxygen atoms in total. The average molecular weight is 348 g/mol. The minimum Gasteiger partial charge on any atom is -0.378 e. The second kappa shape index (κ2) is 10.0. The van der Waals surface area contributed by atoms with E-state index in [1.807, 2.05) is 50.1 Å². The summed E-state index contributed by atoms with van der Waals surface area (Å²) in [6, 6.07) is 8.20. The Balaban J connectivity index is 2.60. The first kappa shape index (κ1) is 21.0. The number of likely N-dealkylation sites (N-methyl/N-ethyl adjacent to an activating group) is 1. The van der Waals surface area contributed by atoms with Crippen molar-refractivity contribution < 1.29 is 9.59 Å². The van der Waals surface area contributed by atoms with E-state index in [2.05, 4.69) is 36.6 Å². The smallest absolute Gasteiger partial charge is 0.309 e. The lowest BCUT2D eigenvalue weighted by Crippen LogP contribution is -2.43. The van der Waals surface area contributed by atoms with Crippen molar-refractivity contribution in [3.63, 3.8) is 0 Å². The van der Waals surface area contributed by atoms with Crippen LogP contribution < -0.4 is 15.5 Å². The fraction of sp³-hybridized carbons (Fsp3) is 0.579. The zero-order valence-corrected chi connectivity index (χ0v) is 16.3. The van der Waals surface area contributed by atoms with E-state index in [-0.39, 0.29) is 6.04 Å². The van der Waals surface area contributed by atoms with Crippen LogP contribution in [0.2, 0.25) is 0 Å². The number of rotatable bonds is 8. The lowest BCUT2D eigenvalue weighted by atomic mass is 10.1. The van der Waals surface area contributed by atoms with Crippen molar-refractivity contribution in [1.82, 2.24) is 15.5 Å². The molecule has 1 aromatic rings. The number of hydrogen-bond donors (Lipinski definition) is 2. The molecule has 0 heterocycles. The number of nitrogens with zero attached hydrogens (tertiary/aromatic N) is 2. The van der Waals surface area contributed by atoms with Crippen molar-refractivity contribution in [3.8, 4) is 0 Å². The molecule has 1 aromatic carbocycles. The fourth-order valence-corrected chi connectivity index (χ4v) is 2.42. The summed E-state index contributed by atoms with van der Waals surface area (Å²) in [5.41, 5.74) is 2.21. The lowest BCUT2D eigenvalue weighted by Gasteiger charge is -2.25. The Labute approximate surface area is 151 Å². The second-order valence-electron chi connectivity index (χ2n) is 7.11. The van der Waals surface area contributed by atoms with Crippen molar-refractivity contribution in [2.24, 2.45) is 5.92 Å². The number of nitrogens with one attached hydrogen (secondary N) is 2. The summed E-state index contributed by atoms with van der Waals surface area (Å²) in [6.07, 6.45) is 0.859. The first-order valence-electron chi connectivity index (χ1n) is 8.72. The quantitative estimate of drug-likeness (QED) is 0.701. The molecule has 0 fully saturated rings. The standard InChI is InChI=1S/C19H32N4O2/c1-14(2)11-12-20-18(24)19(25)21-13-17(23(5)6)15-7-9-16(10-8-15)22(3)4/h7-10,14,17H,11-13H2,1-6H3,(H,20,24)(H,21,25)/t17-/m0/s1. The largest absolute Gasteiger partial charge is 0.378 e. The minimum absolute atomic E-state index is 0.00336. The van der Waals surface area contributed by atoms with E-state index in [4.69, 9.17) is 0 Å². The fourth-order valence-electron chi connectivity index (χ4n) is 2.42. The molecule has 0 radical (unpaired) electrons. The number of carbonyl (C=O) groups excluding carboxylic acids is 2. The van der Waals surface area contributed by atoms with Gasteiger partial charge in [-0.3, -0.25) is 9.59 Å². The van der Waals surface area contributed by atoms with Crippen LogP contribution in [0.4, 0.5) is 5.69 Å². The Morgan fingerprint density at radius 2 is 1.52 bits per heavy atom. The molecule has 1 rings (SSSR count). The number of amides is 2. The summed E-state index contributed by atoms with van der Waals surface area (Å²) in [6.45, 7) is 5.06. The van der Waals surface area contributed by atoms with Gasteiger partial charge in [0.1, 0.15) is 0 Å². The van der Waals surface area contributed by atoms with Crippen molar-refractivity contribution >= 4 is 17.5 Å². The molecule has 0 aliphatic heterocycles. The normalized spacial score (nSPS) is 12.2. The van der Waals surface area contributed by atoms with Gasteiger partial charge in [-0.25, -0.2) is 0 Å². The van der Waals surface area contributed by atoms with Crippen molar-refractivity contribution in [2.45, 2.75) is 26.3 Å². The van der Waals surface area contributed by atoms with E-state index in [1.165, 1.54) is 0 Å². The molecule has 2 N–H and O–H groups in total. The van der Waals surface area contributed by atoms with Crippen LogP contribution in [0.15, 0.2) is 24.3 Å². The highest BCUT2D eigenvalue weighted by Crippen LogP contribution is 2.20. The van der Waals surface area contributed by atoms with Gasteiger partial charge in [-0.15, -0.1) is 0 Å². The minimum atomic E-state index is -0.583. The maximum absolute atomic E-state index is 12.0. The predicted octanol–water partition coefficient (Wildman–Crippen LogP) is 1.63. The third-order valence-corrected chi connectivity index (χ3v) is 4.09. The molecule has 0 aliphatic carbocycles. The van der Waals surface area contributed by atoms with Crippen molar-refractivity contribution in [2.75, 3.05) is 46.2 Å². The van der Waals surface area contributed by atoms with Crippen LogP contribution in [0.3, 0.4) is 0 Å². The third kappa shape index (κ3) is 7.13. The number of anilines is 1. The Kier molecular flexibility index (Phi) is 8.41. The van der Waals surface area contributed by atoms with E-state index >= 15 is 0 Å². The van der Waals surface area contributed by atoms with Gasteiger partial charge in [0, 0.05) is 32.9 Å². The molecule has 2 amide bonds. The Bertz CT molecular complexity index is 553. The maximum Gasteiger partial charge on any atom is 0.309 e. The highest BCUT2D eigenvalue weighted by molar-refractivity contribution is 6.35. The van der Waals surface area contributed by atoms with Gasteiger partial charge in [0.2, 0.25) is 0 Å². The van der Waals surface area contributed by atoms with E-state index in [0.717, 1.165) is 17.7 Å². The third-order valence-electron chi connectivity index (χ3n) is 4.09. The molecule has 0 aromatic heterocycles. The van der Waals surface area contributed by atoms with Crippen LogP contribution in [0, 0.1) is 5.92 Å². The van der Waals surface area contributed by atoms with Gasteiger partial charge in [0.15, 0.2) is 0 Å². The molecule has 0 unspecified atom stereocenters. The molecule has 25 heavy (non-hydrogen) atoms. The van der Waals surface area contributed by atoms with Gasteiger partial charge in [0.05, 0.1) is 6.04 Å². The molecule has 0 aliphatic rings. The molecule has 0 bridgehead atoms. The molecule has 0 saturated heterocycles. The molecule has 1 atom stereocenters. The highest BCUT2D eigenvalue weighted by atomic mass is 16.2. The van der Waals surface area contributed by atoms with Gasteiger partial charge in [0.25, 0.3) is 0 Å². The van der Waals surface area contributed by atoms with Gasteiger partial charge >= 0.3 is 11.8 Å². The highest BCUT2D eigenvalue weighted by Gasteiger charge is 2.18. The van der Waals surface area contributed by atoms with Crippen molar-refractivity contribution in [3.05, 3.63) is 29.8 Å². The van der Waals surface area contributed by atoms with Crippen LogP contribution in [-0.2, 0) is 9.59 Å². The Hall–Kier alpha value is -2.08. The zero-order chi connectivity index (χ0) is 19.0. The van der Waals surface area contributed by atoms with E-state index in [1.54, 1.807) is 0 Å². The van der Waals surface area contributed by atoms with E-state index < -0.39 is 11.8 Å². The maximum atomic E-state index is 12.0. The SMILES string of the molecule is CC(C)CCNC(=O)C(=O)NC[C@@H](c1ccc(N(C)C)cc1)N(C)C. The summed E-state index contributed by atoms with van der Waals surface area (Å²) in [4.78, 5) is 27.9. The zero-order valence-electron chi connectivity index (χ0n) is 16.3. The monoisotopic (exact) mass is 348 g/mol. The molecular formula is C19H32N4O2. The number of hydrogen-bond acceptors (Lipinski definition) is 4. The van der Waals surface area contributed by atoms with Crippen LogP contribution in [-0.4, -0.2) is 58.0 Å². The van der Waals surface area contributed by atoms with Crippen LogP contribution in [0.5, 0.6) is 0 Å². The summed E-state index contributed by atoms with van der Waals surface area (Å²) >= 11 is 0. The van der Waals surface area contributed by atoms with Gasteiger partial charge < -0.3 is 20.4 Å². The topological polar surface area (TPSA) is 64.7 Å². The van der Waals surface area contributed by atoms with Crippen LogP contribution >= 0.6 is 0 Å². The second-order valence-corrected chi connectivity index (χ2v) is 7.11. The summed E-state index contributed by atoms with van der Waals surface area (Å²) in [7, 11) is 7.91. The lowest BCUT2D eigenvalue weighted by molar-refractivity contribution is -0.139. The summed E-state index contributed by atoms with van der Waals surface area (Å²) in [5, 5.41) is 5.39. The summed E-state index contributed by atoms with van der Waals surface area (Å²) in [5.74, 6) is -0.659. The first-order chi connectivity index (χ1) is 11.7. The first-order valence-corrected chi connectivity index (χ1v) is 8.72. The van der Waals surface area contributed by atoms with Crippen LogP contribution in [0.25, 0.3) is 0 Å². The average Bonchev–Trinajstić information content (AvgIpc) is 2.54. The van der Waals surface area contributed by atoms with E-state index in [0.29, 0.717) is 19.0 Å². The summed E-state index contributed by atoms with van der Waals surface area (Å²) < 4.78 is 0. The Morgan fingerprint density at radius 3 is 2.00 bits per heavy atom. The molecule has 140 valence electrons. The van der Waals surface area contributed by atoms with Crippen molar-refractivity contribution in [1.29, 1.82) is 0 Å². The van der Waals surface area contributed by atoms with Gasteiger partial charge in [-0.05, 0) is 44.1 Å². The number of benzene rings is 1. The van der Waals surface area contributed by atoms with E-state index in [9.17, 15) is 9.59 Å². The predicted molar refractivity (Wildman–Crippen MR) is 103 cm³/mol.